The number of nitrogens with one attached hydrogen (secondary N) is 2. The minimum Gasteiger partial charge on any atom is -0.393 e. The van der Waals surface area contributed by atoms with Crippen LogP contribution >= 0.6 is 0 Å². The molecule has 22 heavy (non-hydrogen) atoms. The average Bonchev–Trinajstić information content (AvgIpc) is 2.44. The van der Waals surface area contributed by atoms with Crippen molar-refractivity contribution in [3.05, 3.63) is 35.9 Å². The second-order valence-electron chi connectivity index (χ2n) is 5.86. The van der Waals surface area contributed by atoms with Crippen LogP contribution in [0.3, 0.4) is 0 Å². The van der Waals surface area contributed by atoms with Crippen LogP contribution in [0.2, 0.25) is 0 Å². The second kappa shape index (κ2) is 9.20. The smallest absolute Gasteiger partial charge is 0.222 e. The molecule has 0 aromatic heterocycles. The number of hydrogen-bond donors (Lipinski definition) is 3. The van der Waals surface area contributed by atoms with E-state index in [2.05, 4.69) is 10.6 Å². The van der Waals surface area contributed by atoms with Gasteiger partial charge in [-0.3, -0.25) is 9.59 Å². The Balaban J connectivity index is 2.55. The molecule has 5 heteroatoms. The maximum Gasteiger partial charge on any atom is 0.222 e. The van der Waals surface area contributed by atoms with Gasteiger partial charge in [0.25, 0.3) is 0 Å². The molecule has 0 aliphatic carbocycles. The van der Waals surface area contributed by atoms with Gasteiger partial charge in [0.15, 0.2) is 0 Å². The molecule has 0 fully saturated rings. The monoisotopic (exact) mass is 306 g/mol. The van der Waals surface area contributed by atoms with Crippen LogP contribution in [-0.2, 0) is 9.59 Å². The van der Waals surface area contributed by atoms with Gasteiger partial charge in [0.1, 0.15) is 0 Å². The van der Waals surface area contributed by atoms with Gasteiger partial charge in [0, 0.05) is 13.5 Å². The van der Waals surface area contributed by atoms with Crippen LogP contribution in [0.5, 0.6) is 0 Å². The van der Waals surface area contributed by atoms with Crippen molar-refractivity contribution in [3.63, 3.8) is 0 Å². The fraction of sp³-hybridized carbons (Fsp3) is 0.529. The van der Waals surface area contributed by atoms with E-state index in [1.54, 1.807) is 6.92 Å². The summed E-state index contributed by atoms with van der Waals surface area (Å²) in [4.78, 5) is 23.4. The Morgan fingerprint density at radius 2 is 1.82 bits per heavy atom. The largest absolute Gasteiger partial charge is 0.393 e. The Hall–Kier alpha value is -1.88. The molecule has 0 spiro atoms. The van der Waals surface area contributed by atoms with Crippen LogP contribution in [-0.4, -0.2) is 29.6 Å². The van der Waals surface area contributed by atoms with Crippen molar-refractivity contribution in [2.24, 2.45) is 5.92 Å². The molecular weight excluding hydrogens is 280 g/mol. The van der Waals surface area contributed by atoms with Crippen molar-refractivity contribution in [3.8, 4) is 0 Å². The Morgan fingerprint density at radius 3 is 2.36 bits per heavy atom. The van der Waals surface area contributed by atoms with E-state index in [1.807, 2.05) is 37.3 Å². The van der Waals surface area contributed by atoms with Crippen molar-refractivity contribution in [2.75, 3.05) is 6.54 Å². The molecule has 0 saturated heterocycles. The summed E-state index contributed by atoms with van der Waals surface area (Å²) in [6, 6.07) is 9.12. The minimum absolute atomic E-state index is 0.111. The van der Waals surface area contributed by atoms with Gasteiger partial charge in [-0.1, -0.05) is 37.3 Å². The molecule has 0 saturated carbocycles. The maximum absolute atomic E-state index is 12.1. The fourth-order valence-electron chi connectivity index (χ4n) is 2.39. The molecule has 5 nitrogen and oxygen atoms in total. The Bertz CT molecular complexity index is 474. The van der Waals surface area contributed by atoms with E-state index in [4.69, 9.17) is 0 Å². The number of amides is 2. The van der Waals surface area contributed by atoms with Crippen LogP contribution in [0.25, 0.3) is 0 Å². The standard InChI is InChI=1S/C17H26N2O3/c1-12(9-13(2)20)11-18-17(22)10-16(19-14(3)21)15-7-5-4-6-8-15/h4-8,12-13,16,20H,9-11H2,1-3H3,(H,18,22)(H,19,21). The Labute approximate surface area is 132 Å². The minimum atomic E-state index is -0.372. The zero-order valence-corrected chi connectivity index (χ0v) is 13.5. The normalized spacial score (nSPS) is 14.7. The third-order valence-electron chi connectivity index (χ3n) is 3.36. The van der Waals surface area contributed by atoms with E-state index < -0.39 is 0 Å². The van der Waals surface area contributed by atoms with Crippen molar-refractivity contribution in [2.45, 2.75) is 45.8 Å². The summed E-state index contributed by atoms with van der Waals surface area (Å²) in [5.41, 5.74) is 0.907. The number of carbonyl (C=O) groups excluding carboxylic acids is 2. The highest BCUT2D eigenvalue weighted by Crippen LogP contribution is 2.16. The zero-order valence-electron chi connectivity index (χ0n) is 13.5. The van der Waals surface area contributed by atoms with Crippen LogP contribution in [0, 0.1) is 5.92 Å². The number of carbonyl (C=O) groups is 2. The van der Waals surface area contributed by atoms with Crippen molar-refractivity contribution in [1.82, 2.24) is 10.6 Å². The summed E-state index contributed by atoms with van der Waals surface area (Å²) in [5, 5.41) is 15.0. The van der Waals surface area contributed by atoms with E-state index in [0.29, 0.717) is 13.0 Å². The SMILES string of the molecule is CC(=O)NC(CC(=O)NCC(C)CC(C)O)c1ccccc1. The van der Waals surface area contributed by atoms with Gasteiger partial charge in [0.05, 0.1) is 18.6 Å². The number of aliphatic hydroxyl groups excluding tert-OH is 1. The summed E-state index contributed by atoms with van der Waals surface area (Å²) in [7, 11) is 0. The fourth-order valence-corrected chi connectivity index (χ4v) is 2.39. The van der Waals surface area contributed by atoms with E-state index in [-0.39, 0.29) is 36.3 Å². The van der Waals surface area contributed by atoms with E-state index in [9.17, 15) is 14.7 Å². The summed E-state index contributed by atoms with van der Waals surface area (Å²) in [6.07, 6.45) is 0.474. The summed E-state index contributed by atoms with van der Waals surface area (Å²) < 4.78 is 0. The van der Waals surface area contributed by atoms with Crippen molar-refractivity contribution in [1.29, 1.82) is 0 Å². The quantitative estimate of drug-likeness (QED) is 0.685. The molecule has 0 aliphatic rings. The highest BCUT2D eigenvalue weighted by molar-refractivity contribution is 5.79. The third-order valence-corrected chi connectivity index (χ3v) is 3.36. The van der Waals surface area contributed by atoms with Crippen molar-refractivity contribution < 1.29 is 14.7 Å². The lowest BCUT2D eigenvalue weighted by atomic mass is 10.0. The molecule has 0 aliphatic heterocycles. The molecule has 3 atom stereocenters. The molecule has 1 aromatic carbocycles. The molecule has 122 valence electrons. The molecule has 3 N–H and O–H groups in total. The van der Waals surface area contributed by atoms with Gasteiger partial charge in [-0.2, -0.15) is 0 Å². The van der Waals surface area contributed by atoms with Gasteiger partial charge in [-0.25, -0.2) is 0 Å². The predicted octanol–water partition coefficient (Wildman–Crippen LogP) is 1.78. The van der Waals surface area contributed by atoms with Crippen molar-refractivity contribution >= 4 is 11.8 Å². The van der Waals surface area contributed by atoms with Gasteiger partial charge in [-0.15, -0.1) is 0 Å². The lowest BCUT2D eigenvalue weighted by molar-refractivity contribution is -0.123. The first-order chi connectivity index (χ1) is 10.4. The molecule has 1 rings (SSSR count). The molecule has 3 unspecified atom stereocenters. The number of benzene rings is 1. The number of rotatable bonds is 8. The third kappa shape index (κ3) is 7.22. The molecule has 2 amide bonds. The van der Waals surface area contributed by atoms with E-state index >= 15 is 0 Å². The zero-order chi connectivity index (χ0) is 16.5. The molecule has 0 bridgehead atoms. The van der Waals surface area contributed by atoms with Gasteiger partial charge in [0.2, 0.25) is 11.8 Å². The van der Waals surface area contributed by atoms with Gasteiger partial charge < -0.3 is 15.7 Å². The van der Waals surface area contributed by atoms with Crippen LogP contribution in [0.15, 0.2) is 30.3 Å². The van der Waals surface area contributed by atoms with Crippen LogP contribution in [0.4, 0.5) is 0 Å². The summed E-state index contributed by atoms with van der Waals surface area (Å²) >= 11 is 0. The van der Waals surface area contributed by atoms with Gasteiger partial charge in [-0.05, 0) is 24.8 Å². The Morgan fingerprint density at radius 1 is 1.18 bits per heavy atom. The second-order valence-corrected chi connectivity index (χ2v) is 5.86. The Kier molecular flexibility index (Phi) is 7.60. The molecular formula is C17H26N2O3. The molecule has 0 radical (unpaired) electrons. The number of aliphatic hydroxyl groups is 1. The maximum atomic E-state index is 12.1. The van der Waals surface area contributed by atoms with Gasteiger partial charge >= 0.3 is 0 Å². The van der Waals surface area contributed by atoms with E-state index in [1.165, 1.54) is 6.92 Å². The first-order valence-electron chi connectivity index (χ1n) is 7.65. The lowest BCUT2D eigenvalue weighted by Crippen LogP contribution is -2.34. The number of hydrogen-bond acceptors (Lipinski definition) is 3. The molecule has 0 heterocycles. The van der Waals surface area contributed by atoms with Crippen LogP contribution < -0.4 is 10.6 Å². The predicted molar refractivity (Wildman–Crippen MR) is 86.1 cm³/mol. The molecule has 1 aromatic rings. The lowest BCUT2D eigenvalue weighted by Gasteiger charge is -2.19. The highest BCUT2D eigenvalue weighted by atomic mass is 16.3. The summed E-state index contributed by atoms with van der Waals surface area (Å²) in [6.45, 7) is 5.68. The average molecular weight is 306 g/mol. The topological polar surface area (TPSA) is 78.4 Å². The highest BCUT2D eigenvalue weighted by Gasteiger charge is 2.17. The first kappa shape index (κ1) is 18.2. The van der Waals surface area contributed by atoms with E-state index in [0.717, 1.165) is 5.56 Å². The first-order valence-corrected chi connectivity index (χ1v) is 7.65. The summed E-state index contributed by atoms with van der Waals surface area (Å²) in [5.74, 6) is -0.0657. The van der Waals surface area contributed by atoms with Crippen LogP contribution in [0.1, 0.15) is 45.2 Å².